The van der Waals surface area contributed by atoms with Gasteiger partial charge in [-0.1, -0.05) is 30.3 Å². The third-order valence-corrected chi connectivity index (χ3v) is 4.10. The lowest BCUT2D eigenvalue weighted by atomic mass is 10.1. The van der Waals surface area contributed by atoms with Crippen molar-refractivity contribution in [3.05, 3.63) is 75.8 Å². The number of Topliss-reactive ketones (excluding diaryl/α,β-unsaturated/α-hetero) is 1. The first-order chi connectivity index (χ1) is 10.1. The second kappa shape index (κ2) is 7.01. The Hall–Kier alpha value is -2.18. The van der Waals surface area contributed by atoms with Crippen LogP contribution in [0, 0.1) is 10.1 Å². The molecule has 2 aromatic carbocycles. The Balaban J connectivity index is 1.96. The predicted octanol–water partition coefficient (Wildman–Crippen LogP) is 2.73. The van der Waals surface area contributed by atoms with Gasteiger partial charge in [0.1, 0.15) is 5.75 Å². The molecule has 6 heteroatoms. The normalized spacial score (nSPS) is 11.9. The van der Waals surface area contributed by atoms with Crippen molar-refractivity contribution in [2.75, 3.05) is 5.75 Å². The smallest absolute Gasteiger partial charge is 0.269 e. The van der Waals surface area contributed by atoms with Crippen LogP contribution in [0.1, 0.15) is 15.9 Å². The van der Waals surface area contributed by atoms with Crippen LogP contribution in [0.15, 0.2) is 54.6 Å². The van der Waals surface area contributed by atoms with Crippen molar-refractivity contribution in [1.82, 2.24) is 0 Å². The molecule has 0 aliphatic heterocycles. The second-order valence-electron chi connectivity index (χ2n) is 4.44. The molecule has 0 fully saturated rings. The van der Waals surface area contributed by atoms with E-state index in [4.69, 9.17) is 0 Å². The van der Waals surface area contributed by atoms with E-state index in [2.05, 4.69) is 0 Å². The Morgan fingerprint density at radius 2 is 1.67 bits per heavy atom. The standard InChI is InChI=1S/C15H13NO4S/c17-15(13-6-8-14(9-7-13)16(18)19)11-21(20)10-12-4-2-1-3-5-12/h1-9H,10-11H2. The minimum absolute atomic E-state index is 0.0723. The molecule has 0 radical (unpaired) electrons. The zero-order valence-electron chi connectivity index (χ0n) is 11.1. The summed E-state index contributed by atoms with van der Waals surface area (Å²) in [5.41, 5.74) is 1.17. The van der Waals surface area contributed by atoms with Gasteiger partial charge < -0.3 is 4.55 Å². The highest BCUT2D eigenvalue weighted by Crippen LogP contribution is 2.14. The van der Waals surface area contributed by atoms with E-state index in [0.717, 1.165) is 5.56 Å². The van der Waals surface area contributed by atoms with Gasteiger partial charge in [-0.05, 0) is 23.3 Å². The second-order valence-corrected chi connectivity index (χ2v) is 5.90. The Bertz CT molecular complexity index is 628. The van der Waals surface area contributed by atoms with E-state index in [9.17, 15) is 19.5 Å². The van der Waals surface area contributed by atoms with E-state index in [1.807, 2.05) is 30.3 Å². The highest BCUT2D eigenvalue weighted by Gasteiger charge is 2.16. The van der Waals surface area contributed by atoms with Crippen molar-refractivity contribution in [2.45, 2.75) is 5.75 Å². The fraction of sp³-hybridized carbons (Fsp3) is 0.133. The Morgan fingerprint density at radius 1 is 1.05 bits per heavy atom. The molecule has 0 aromatic heterocycles. The minimum atomic E-state index is -1.30. The van der Waals surface area contributed by atoms with Gasteiger partial charge in [-0.3, -0.25) is 14.9 Å². The predicted molar refractivity (Wildman–Crippen MR) is 80.6 cm³/mol. The summed E-state index contributed by atoms with van der Waals surface area (Å²) in [7, 11) is 0. The van der Waals surface area contributed by atoms with E-state index in [-0.39, 0.29) is 17.2 Å². The number of nitrogens with zero attached hydrogens (tertiary/aromatic N) is 1. The molecule has 2 aromatic rings. The average molecular weight is 303 g/mol. The van der Waals surface area contributed by atoms with Crippen molar-refractivity contribution in [1.29, 1.82) is 0 Å². The molecule has 21 heavy (non-hydrogen) atoms. The molecule has 0 aliphatic rings. The van der Waals surface area contributed by atoms with Crippen LogP contribution >= 0.6 is 0 Å². The summed E-state index contributed by atoms with van der Waals surface area (Å²) in [6.45, 7) is 0. The Morgan fingerprint density at radius 3 is 2.24 bits per heavy atom. The van der Waals surface area contributed by atoms with Crippen LogP contribution < -0.4 is 0 Å². The summed E-state index contributed by atoms with van der Waals surface area (Å²) < 4.78 is 12.0. The molecule has 0 N–H and O–H groups in total. The van der Waals surface area contributed by atoms with Gasteiger partial charge in [0.25, 0.3) is 5.69 Å². The summed E-state index contributed by atoms with van der Waals surface area (Å²) in [4.78, 5) is 22.0. The first-order valence-corrected chi connectivity index (χ1v) is 7.71. The molecule has 1 atom stereocenters. The minimum Gasteiger partial charge on any atom is -0.616 e. The number of ketones is 1. The highest BCUT2D eigenvalue weighted by molar-refractivity contribution is 7.91. The molecule has 108 valence electrons. The van der Waals surface area contributed by atoms with Gasteiger partial charge in [-0.15, -0.1) is 0 Å². The zero-order chi connectivity index (χ0) is 15.2. The molecule has 0 spiro atoms. The highest BCUT2D eigenvalue weighted by atomic mass is 32.2. The molecule has 2 rings (SSSR count). The lowest BCUT2D eigenvalue weighted by molar-refractivity contribution is -0.384. The van der Waals surface area contributed by atoms with E-state index in [0.29, 0.717) is 11.3 Å². The summed E-state index contributed by atoms with van der Waals surface area (Å²) in [5.74, 6) is -0.0501. The van der Waals surface area contributed by atoms with Crippen LogP contribution in [-0.2, 0) is 16.9 Å². The summed E-state index contributed by atoms with van der Waals surface area (Å²) in [6, 6.07) is 14.6. The average Bonchev–Trinajstić information content (AvgIpc) is 2.48. The Kier molecular flexibility index (Phi) is 5.08. The molecule has 0 amide bonds. The topological polar surface area (TPSA) is 83.3 Å². The number of hydrogen-bond acceptors (Lipinski definition) is 4. The van der Waals surface area contributed by atoms with E-state index >= 15 is 0 Å². The number of nitro groups is 1. The molecule has 0 heterocycles. The summed E-state index contributed by atoms with van der Waals surface area (Å²) in [6.07, 6.45) is 0. The first kappa shape index (κ1) is 15.2. The number of rotatable bonds is 6. The van der Waals surface area contributed by atoms with Crippen molar-refractivity contribution in [3.8, 4) is 0 Å². The summed E-state index contributed by atoms with van der Waals surface area (Å²) in [5, 5.41) is 10.5. The number of nitro benzene ring substituents is 1. The summed E-state index contributed by atoms with van der Waals surface area (Å²) >= 11 is -1.30. The van der Waals surface area contributed by atoms with Crippen LogP contribution in [0.25, 0.3) is 0 Å². The fourth-order valence-corrected chi connectivity index (χ4v) is 2.94. The monoisotopic (exact) mass is 303 g/mol. The van der Waals surface area contributed by atoms with Crippen LogP contribution in [0.3, 0.4) is 0 Å². The van der Waals surface area contributed by atoms with E-state index in [1.165, 1.54) is 24.3 Å². The van der Waals surface area contributed by atoms with Gasteiger partial charge in [0.15, 0.2) is 5.75 Å². The third kappa shape index (κ3) is 4.40. The molecule has 1 unspecified atom stereocenters. The lowest BCUT2D eigenvalue weighted by Gasteiger charge is -2.10. The third-order valence-electron chi connectivity index (χ3n) is 2.86. The fourth-order valence-electron chi connectivity index (χ4n) is 1.81. The Labute approximate surface area is 124 Å². The van der Waals surface area contributed by atoms with Gasteiger partial charge in [0.05, 0.1) is 4.92 Å². The van der Waals surface area contributed by atoms with Crippen LogP contribution in [-0.4, -0.2) is 21.0 Å². The molecule has 0 bridgehead atoms. The number of hydrogen-bond donors (Lipinski definition) is 0. The molecule has 5 nitrogen and oxygen atoms in total. The maximum Gasteiger partial charge on any atom is 0.269 e. The number of non-ortho nitro benzene ring substituents is 1. The van der Waals surface area contributed by atoms with E-state index < -0.39 is 16.1 Å². The largest absolute Gasteiger partial charge is 0.616 e. The molecule has 0 saturated carbocycles. The number of benzene rings is 2. The van der Waals surface area contributed by atoms with Gasteiger partial charge in [-0.25, -0.2) is 0 Å². The maximum atomic E-state index is 12.0. The van der Waals surface area contributed by atoms with Gasteiger partial charge in [-0.2, -0.15) is 0 Å². The number of carbonyl (C=O) groups is 1. The van der Waals surface area contributed by atoms with Crippen molar-refractivity contribution < 1.29 is 14.3 Å². The van der Waals surface area contributed by atoms with Crippen LogP contribution in [0.2, 0.25) is 0 Å². The van der Waals surface area contributed by atoms with Crippen LogP contribution in [0.4, 0.5) is 5.69 Å². The SMILES string of the molecule is O=C(C[S+]([O-])Cc1ccccc1)c1ccc([N+](=O)[O-])cc1. The van der Waals surface area contributed by atoms with Crippen molar-refractivity contribution in [3.63, 3.8) is 0 Å². The van der Waals surface area contributed by atoms with E-state index in [1.54, 1.807) is 0 Å². The molecule has 0 aliphatic carbocycles. The molecular formula is C15H13NO4S. The van der Waals surface area contributed by atoms with Gasteiger partial charge >= 0.3 is 0 Å². The van der Waals surface area contributed by atoms with Crippen molar-refractivity contribution in [2.24, 2.45) is 0 Å². The van der Waals surface area contributed by atoms with Crippen LogP contribution in [0.5, 0.6) is 0 Å². The van der Waals surface area contributed by atoms with Gasteiger partial charge in [0.2, 0.25) is 5.78 Å². The first-order valence-electron chi connectivity index (χ1n) is 6.23. The quantitative estimate of drug-likeness (QED) is 0.355. The zero-order valence-corrected chi connectivity index (χ0v) is 11.9. The van der Waals surface area contributed by atoms with Crippen molar-refractivity contribution >= 4 is 22.6 Å². The van der Waals surface area contributed by atoms with Gasteiger partial charge in [0, 0.05) is 23.3 Å². The lowest BCUT2D eigenvalue weighted by Crippen LogP contribution is -2.18. The molecular weight excluding hydrogens is 290 g/mol. The maximum absolute atomic E-state index is 12.0. The number of carbonyl (C=O) groups excluding carboxylic acids is 1. The molecule has 0 saturated heterocycles.